The average molecular weight is 382 g/mol. The summed E-state index contributed by atoms with van der Waals surface area (Å²) in [5.41, 5.74) is 1.92. The number of allylic oxidation sites excluding steroid dienone is 7. The second-order valence-corrected chi connectivity index (χ2v) is 7.71. The maximum absolute atomic E-state index is 12.2. The fraction of sp³-hybridized carbons (Fsp3) is 0.560. The van der Waals surface area contributed by atoms with Gasteiger partial charge in [0.1, 0.15) is 0 Å². The Balaban J connectivity index is 2.06. The molecule has 0 aromatic heterocycles. The highest BCUT2D eigenvalue weighted by Gasteiger charge is 2.10. The van der Waals surface area contributed by atoms with Crippen molar-refractivity contribution in [3.63, 3.8) is 0 Å². The minimum atomic E-state index is -0.0707. The third-order valence-electron chi connectivity index (χ3n) is 5.41. The molecule has 0 saturated heterocycles. The van der Waals surface area contributed by atoms with Gasteiger partial charge < -0.3 is 0 Å². The molecule has 0 atom stereocenters. The summed E-state index contributed by atoms with van der Waals surface area (Å²) in [6, 6.07) is 0. The summed E-state index contributed by atoms with van der Waals surface area (Å²) in [4.78, 5) is 17.2. The predicted octanol–water partition coefficient (Wildman–Crippen LogP) is 5.91. The molecule has 0 radical (unpaired) electrons. The Morgan fingerprint density at radius 2 is 1.68 bits per heavy atom. The molecule has 1 amide bonds. The number of amides is 1. The number of hydrogen-bond acceptors (Lipinski definition) is 2. The lowest BCUT2D eigenvalue weighted by atomic mass is 9.95. The summed E-state index contributed by atoms with van der Waals surface area (Å²) in [5, 5.41) is 1.26. The van der Waals surface area contributed by atoms with E-state index in [-0.39, 0.29) is 5.91 Å². The molecule has 28 heavy (non-hydrogen) atoms. The molecule has 0 aromatic carbocycles. The molecule has 1 saturated carbocycles. The Bertz CT molecular complexity index is 660. The molecular formula is C25H35NO2. The minimum Gasteiger partial charge on any atom is -0.275 e. The highest BCUT2D eigenvalue weighted by Crippen LogP contribution is 2.21. The van der Waals surface area contributed by atoms with Crippen LogP contribution in [0.2, 0.25) is 0 Å². The SMILES string of the molecule is CON(C)C(=O)CC1=C/C(C#CC2CCCCCCCCCC2)=C\C=C/C=C1. The third kappa shape index (κ3) is 8.76. The highest BCUT2D eigenvalue weighted by molar-refractivity contribution is 5.78. The molecule has 2 rings (SSSR count). The smallest absolute Gasteiger partial charge is 0.250 e. The van der Waals surface area contributed by atoms with Gasteiger partial charge in [0, 0.05) is 18.5 Å². The standard InChI is InChI=1S/C25H35NO2/c1-26(28-2)25(27)21-24-17-13-9-12-16-23(20-24)19-18-22-14-10-7-5-3-4-6-8-11-15-22/h9,12-13,16-17,20,22H,3-8,10-11,14-15,21H2,1-2H3/b12-9-,13-9?,16-12?,17-13?,23-16-,23-20?,24-17?,24-20?. The number of hydroxylamine groups is 2. The van der Waals surface area contributed by atoms with Gasteiger partial charge in [-0.1, -0.05) is 87.5 Å². The van der Waals surface area contributed by atoms with Gasteiger partial charge >= 0.3 is 0 Å². The van der Waals surface area contributed by atoms with Crippen LogP contribution in [0.15, 0.2) is 47.6 Å². The van der Waals surface area contributed by atoms with Gasteiger partial charge in [-0.05, 0) is 30.6 Å². The highest BCUT2D eigenvalue weighted by atomic mass is 16.7. The van der Waals surface area contributed by atoms with Crippen LogP contribution in [0.1, 0.15) is 70.6 Å². The number of hydrogen-bond donors (Lipinski definition) is 0. The Hall–Kier alpha value is -2.05. The normalized spacial score (nSPS) is 22.2. The van der Waals surface area contributed by atoms with Crippen LogP contribution in [0.5, 0.6) is 0 Å². The van der Waals surface area contributed by atoms with E-state index in [4.69, 9.17) is 4.84 Å². The molecule has 0 bridgehead atoms. The van der Waals surface area contributed by atoms with Gasteiger partial charge in [0.05, 0.1) is 13.5 Å². The zero-order chi connectivity index (χ0) is 20.0. The average Bonchev–Trinajstić information content (AvgIpc) is 2.74. The molecule has 0 N–H and O–H groups in total. The quantitative estimate of drug-likeness (QED) is 0.449. The van der Waals surface area contributed by atoms with E-state index in [9.17, 15) is 4.79 Å². The molecule has 3 nitrogen and oxygen atoms in total. The maximum atomic E-state index is 12.2. The van der Waals surface area contributed by atoms with Gasteiger partial charge in [0.2, 0.25) is 5.91 Å². The van der Waals surface area contributed by atoms with Crippen molar-refractivity contribution < 1.29 is 9.63 Å². The Morgan fingerprint density at radius 3 is 2.32 bits per heavy atom. The van der Waals surface area contributed by atoms with Crippen molar-refractivity contribution in [3.05, 3.63) is 47.6 Å². The van der Waals surface area contributed by atoms with Gasteiger partial charge in [-0.25, -0.2) is 5.06 Å². The predicted molar refractivity (Wildman–Crippen MR) is 116 cm³/mol. The molecular weight excluding hydrogens is 346 g/mol. The molecule has 0 aliphatic heterocycles. The fourth-order valence-electron chi connectivity index (χ4n) is 3.59. The van der Waals surface area contributed by atoms with Crippen molar-refractivity contribution in [3.8, 4) is 11.8 Å². The number of rotatable bonds is 3. The van der Waals surface area contributed by atoms with Crippen molar-refractivity contribution in [2.45, 2.75) is 70.6 Å². The lowest BCUT2D eigenvalue weighted by molar-refractivity contribution is -0.167. The Kier molecular flexibility index (Phi) is 10.5. The van der Waals surface area contributed by atoms with Gasteiger partial charge in [-0.3, -0.25) is 9.63 Å². The largest absolute Gasteiger partial charge is 0.275 e. The first-order valence-corrected chi connectivity index (χ1v) is 10.8. The van der Waals surface area contributed by atoms with Gasteiger partial charge in [0.25, 0.3) is 0 Å². The first-order valence-electron chi connectivity index (χ1n) is 10.8. The van der Waals surface area contributed by atoms with Crippen LogP contribution < -0.4 is 0 Å². The van der Waals surface area contributed by atoms with Gasteiger partial charge in [-0.2, -0.15) is 0 Å². The van der Waals surface area contributed by atoms with Crippen LogP contribution >= 0.6 is 0 Å². The fourth-order valence-corrected chi connectivity index (χ4v) is 3.59. The lowest BCUT2D eigenvalue weighted by Gasteiger charge is -2.14. The first-order chi connectivity index (χ1) is 13.7. The Morgan fingerprint density at radius 1 is 1.04 bits per heavy atom. The zero-order valence-electron chi connectivity index (χ0n) is 17.6. The summed E-state index contributed by atoms with van der Waals surface area (Å²) in [7, 11) is 3.13. The van der Waals surface area contributed by atoms with E-state index in [0.717, 1.165) is 11.1 Å². The molecule has 0 aromatic rings. The van der Waals surface area contributed by atoms with E-state index in [1.165, 1.54) is 76.4 Å². The van der Waals surface area contributed by atoms with E-state index < -0.39 is 0 Å². The first kappa shape index (κ1) is 22.2. The summed E-state index contributed by atoms with van der Waals surface area (Å²) in [6.07, 6.45) is 25.5. The number of nitrogens with zero attached hydrogens (tertiary/aromatic N) is 1. The van der Waals surface area contributed by atoms with Crippen LogP contribution in [-0.2, 0) is 9.63 Å². The van der Waals surface area contributed by atoms with Crippen LogP contribution in [0.3, 0.4) is 0 Å². The van der Waals surface area contributed by atoms with E-state index >= 15 is 0 Å². The third-order valence-corrected chi connectivity index (χ3v) is 5.41. The number of carbonyl (C=O) groups excluding carboxylic acids is 1. The molecule has 152 valence electrons. The minimum absolute atomic E-state index is 0.0707. The molecule has 1 fully saturated rings. The molecule has 2 aliphatic rings. The lowest BCUT2D eigenvalue weighted by Crippen LogP contribution is -2.25. The maximum Gasteiger partial charge on any atom is 0.250 e. The van der Waals surface area contributed by atoms with E-state index in [1.807, 2.05) is 36.5 Å². The van der Waals surface area contributed by atoms with E-state index in [0.29, 0.717) is 12.3 Å². The summed E-state index contributed by atoms with van der Waals surface area (Å²) >= 11 is 0. The zero-order valence-corrected chi connectivity index (χ0v) is 17.6. The summed E-state index contributed by atoms with van der Waals surface area (Å²) in [5.74, 6) is 7.36. The van der Waals surface area contributed by atoms with Crippen molar-refractivity contribution in [2.24, 2.45) is 5.92 Å². The van der Waals surface area contributed by atoms with Crippen LogP contribution in [0, 0.1) is 17.8 Å². The monoisotopic (exact) mass is 381 g/mol. The molecule has 3 heteroatoms. The van der Waals surface area contributed by atoms with Crippen LogP contribution in [-0.4, -0.2) is 25.1 Å². The van der Waals surface area contributed by atoms with Gasteiger partial charge in [0.15, 0.2) is 0 Å². The molecule has 0 unspecified atom stereocenters. The van der Waals surface area contributed by atoms with Crippen molar-refractivity contribution >= 4 is 5.91 Å². The number of carbonyl (C=O) groups is 1. The van der Waals surface area contributed by atoms with Crippen molar-refractivity contribution in [1.82, 2.24) is 5.06 Å². The second-order valence-electron chi connectivity index (χ2n) is 7.71. The van der Waals surface area contributed by atoms with Crippen molar-refractivity contribution in [1.29, 1.82) is 0 Å². The van der Waals surface area contributed by atoms with Gasteiger partial charge in [-0.15, -0.1) is 0 Å². The van der Waals surface area contributed by atoms with Crippen LogP contribution in [0.25, 0.3) is 0 Å². The second kappa shape index (κ2) is 13.2. The molecule has 0 heterocycles. The topological polar surface area (TPSA) is 29.5 Å². The molecule has 2 aliphatic carbocycles. The Labute approximate surface area is 171 Å². The van der Waals surface area contributed by atoms with E-state index in [2.05, 4.69) is 11.8 Å². The summed E-state index contributed by atoms with van der Waals surface area (Å²) in [6.45, 7) is 0. The summed E-state index contributed by atoms with van der Waals surface area (Å²) < 4.78 is 0. The van der Waals surface area contributed by atoms with E-state index in [1.54, 1.807) is 7.05 Å². The molecule has 0 spiro atoms. The van der Waals surface area contributed by atoms with Crippen molar-refractivity contribution in [2.75, 3.05) is 14.2 Å². The van der Waals surface area contributed by atoms with Crippen LogP contribution in [0.4, 0.5) is 0 Å².